The molecule has 0 aliphatic rings. The van der Waals surface area contributed by atoms with E-state index in [1.807, 2.05) is 0 Å². The van der Waals surface area contributed by atoms with Crippen molar-refractivity contribution < 1.29 is 13.9 Å². The molecule has 2 aromatic rings. The van der Waals surface area contributed by atoms with E-state index in [0.717, 1.165) is 0 Å². The largest absolute Gasteiger partial charge is 0.496 e. The minimum absolute atomic E-state index is 0.327. The van der Waals surface area contributed by atoms with Crippen LogP contribution < -0.4 is 4.74 Å². The van der Waals surface area contributed by atoms with Crippen molar-refractivity contribution in [3.8, 4) is 5.75 Å². The molecule has 0 saturated heterocycles. The highest BCUT2D eigenvalue weighted by Gasteiger charge is 2.22. The number of rotatable bonds is 4. The molecule has 0 spiro atoms. The van der Waals surface area contributed by atoms with E-state index in [4.69, 9.17) is 27.9 Å². The Hall–Kier alpha value is -1.58. The molecular formula is C15H11Cl2FO2. The van der Waals surface area contributed by atoms with Crippen molar-refractivity contribution in [1.29, 1.82) is 0 Å². The predicted molar refractivity (Wildman–Crippen MR) is 77.3 cm³/mol. The topological polar surface area (TPSA) is 26.3 Å². The van der Waals surface area contributed by atoms with Crippen LogP contribution >= 0.6 is 23.2 Å². The van der Waals surface area contributed by atoms with Gasteiger partial charge in [0.1, 0.15) is 16.9 Å². The summed E-state index contributed by atoms with van der Waals surface area (Å²) in [6, 6.07) is 10.2. The highest BCUT2D eigenvalue weighted by Crippen LogP contribution is 2.31. The summed E-state index contributed by atoms with van der Waals surface area (Å²) in [7, 11) is 1.45. The van der Waals surface area contributed by atoms with Crippen LogP contribution in [0.1, 0.15) is 21.3 Å². The molecule has 0 aliphatic heterocycles. The van der Waals surface area contributed by atoms with Crippen LogP contribution in [0.3, 0.4) is 0 Å². The van der Waals surface area contributed by atoms with E-state index < -0.39 is 5.38 Å². The first kappa shape index (κ1) is 14.8. The third-order valence-electron chi connectivity index (χ3n) is 2.82. The fourth-order valence-electron chi connectivity index (χ4n) is 1.79. The van der Waals surface area contributed by atoms with Crippen molar-refractivity contribution in [1.82, 2.24) is 0 Å². The third-order valence-corrected chi connectivity index (χ3v) is 3.51. The molecule has 104 valence electrons. The van der Waals surface area contributed by atoms with Gasteiger partial charge in [-0.3, -0.25) is 4.79 Å². The molecule has 0 amide bonds. The van der Waals surface area contributed by atoms with Crippen LogP contribution in [-0.4, -0.2) is 12.9 Å². The SMILES string of the molecule is COc1cc(Cl)ccc1C(=O)C(Cl)c1ccc(F)cc1. The van der Waals surface area contributed by atoms with Crippen LogP contribution in [0.5, 0.6) is 5.75 Å². The molecule has 1 unspecified atom stereocenters. The van der Waals surface area contributed by atoms with Gasteiger partial charge >= 0.3 is 0 Å². The lowest BCUT2D eigenvalue weighted by molar-refractivity contribution is 0.0984. The van der Waals surface area contributed by atoms with Crippen molar-refractivity contribution in [2.24, 2.45) is 0 Å². The van der Waals surface area contributed by atoms with Crippen LogP contribution in [-0.2, 0) is 0 Å². The smallest absolute Gasteiger partial charge is 0.188 e. The highest BCUT2D eigenvalue weighted by molar-refractivity contribution is 6.34. The number of benzene rings is 2. The molecule has 0 aromatic heterocycles. The second-order valence-electron chi connectivity index (χ2n) is 4.12. The fraction of sp³-hybridized carbons (Fsp3) is 0.133. The second-order valence-corrected chi connectivity index (χ2v) is 5.00. The van der Waals surface area contributed by atoms with Gasteiger partial charge in [0.2, 0.25) is 0 Å². The van der Waals surface area contributed by atoms with Crippen LogP contribution in [0.15, 0.2) is 42.5 Å². The molecule has 0 saturated carbocycles. The molecule has 0 radical (unpaired) electrons. The van der Waals surface area contributed by atoms with Gasteiger partial charge in [-0.25, -0.2) is 4.39 Å². The highest BCUT2D eigenvalue weighted by atomic mass is 35.5. The lowest BCUT2D eigenvalue weighted by Crippen LogP contribution is -2.09. The number of ether oxygens (including phenoxy) is 1. The van der Waals surface area contributed by atoms with Gasteiger partial charge in [-0.05, 0) is 35.9 Å². The first-order valence-corrected chi connectivity index (χ1v) is 6.61. The second kappa shape index (κ2) is 6.25. The maximum Gasteiger partial charge on any atom is 0.188 e. The quantitative estimate of drug-likeness (QED) is 0.606. The van der Waals surface area contributed by atoms with Crippen molar-refractivity contribution in [3.05, 3.63) is 64.4 Å². The molecule has 2 nitrogen and oxygen atoms in total. The third kappa shape index (κ3) is 3.11. The van der Waals surface area contributed by atoms with Gasteiger partial charge in [-0.1, -0.05) is 23.7 Å². The summed E-state index contributed by atoms with van der Waals surface area (Å²) in [5.74, 6) is -0.351. The number of carbonyl (C=O) groups excluding carboxylic acids is 1. The summed E-state index contributed by atoms with van der Waals surface area (Å²) < 4.78 is 18.0. The Labute approximate surface area is 126 Å². The molecule has 5 heteroatoms. The number of methoxy groups -OCH3 is 1. The summed E-state index contributed by atoms with van der Waals surface area (Å²) in [5, 5.41) is -0.447. The predicted octanol–water partition coefficient (Wildman–Crippen LogP) is 4.65. The number of carbonyl (C=O) groups is 1. The maximum atomic E-state index is 12.9. The standard InChI is InChI=1S/C15H11Cl2FO2/c1-20-13-8-10(16)4-7-12(13)15(19)14(17)9-2-5-11(18)6-3-9/h2-8,14H,1H3. The zero-order valence-electron chi connectivity index (χ0n) is 10.6. The van der Waals surface area contributed by atoms with E-state index in [1.165, 1.54) is 31.4 Å². The van der Waals surface area contributed by atoms with Gasteiger partial charge < -0.3 is 4.74 Å². The zero-order chi connectivity index (χ0) is 14.7. The van der Waals surface area contributed by atoms with Gasteiger partial charge in [0.05, 0.1) is 12.7 Å². The minimum Gasteiger partial charge on any atom is -0.496 e. The van der Waals surface area contributed by atoms with Gasteiger partial charge in [-0.15, -0.1) is 11.6 Å². The van der Waals surface area contributed by atoms with E-state index in [9.17, 15) is 9.18 Å². The van der Waals surface area contributed by atoms with Crippen LogP contribution in [0, 0.1) is 5.82 Å². The number of hydrogen-bond acceptors (Lipinski definition) is 2. The molecule has 20 heavy (non-hydrogen) atoms. The Kier molecular flexibility index (Phi) is 4.63. The zero-order valence-corrected chi connectivity index (χ0v) is 12.1. The Balaban J connectivity index is 2.33. The molecule has 0 aliphatic carbocycles. The van der Waals surface area contributed by atoms with Crippen molar-refractivity contribution in [3.63, 3.8) is 0 Å². The van der Waals surface area contributed by atoms with Crippen molar-refractivity contribution in [2.75, 3.05) is 7.11 Å². The summed E-state index contributed by atoms with van der Waals surface area (Å²) in [4.78, 5) is 12.4. The average Bonchev–Trinajstić information content (AvgIpc) is 2.46. The molecule has 1 atom stereocenters. The van der Waals surface area contributed by atoms with E-state index in [2.05, 4.69) is 0 Å². The van der Waals surface area contributed by atoms with Gasteiger partial charge in [0.15, 0.2) is 5.78 Å². The number of ketones is 1. The van der Waals surface area contributed by atoms with Crippen LogP contribution in [0.2, 0.25) is 5.02 Å². The number of alkyl halides is 1. The molecule has 0 N–H and O–H groups in total. The minimum atomic E-state index is -0.911. The van der Waals surface area contributed by atoms with E-state index in [-0.39, 0.29) is 11.6 Å². The van der Waals surface area contributed by atoms with E-state index in [1.54, 1.807) is 18.2 Å². The van der Waals surface area contributed by atoms with Crippen molar-refractivity contribution >= 4 is 29.0 Å². The molecule has 0 fully saturated rings. The first-order chi connectivity index (χ1) is 9.52. The monoisotopic (exact) mass is 312 g/mol. The van der Waals surface area contributed by atoms with Crippen LogP contribution in [0.4, 0.5) is 4.39 Å². The molecule has 2 rings (SSSR count). The summed E-state index contributed by atoms with van der Waals surface area (Å²) >= 11 is 12.0. The van der Waals surface area contributed by atoms with Gasteiger partial charge in [0.25, 0.3) is 0 Å². The Morgan fingerprint density at radius 2 is 1.85 bits per heavy atom. The molecule has 0 heterocycles. The average molecular weight is 313 g/mol. The molecular weight excluding hydrogens is 302 g/mol. The van der Waals surface area contributed by atoms with Crippen molar-refractivity contribution in [2.45, 2.75) is 5.38 Å². The Morgan fingerprint density at radius 3 is 2.45 bits per heavy atom. The normalized spacial score (nSPS) is 12.0. The Morgan fingerprint density at radius 1 is 1.20 bits per heavy atom. The maximum absolute atomic E-state index is 12.9. The summed E-state index contributed by atoms with van der Waals surface area (Å²) in [6.45, 7) is 0. The first-order valence-electron chi connectivity index (χ1n) is 5.80. The van der Waals surface area contributed by atoms with Crippen LogP contribution in [0.25, 0.3) is 0 Å². The number of hydrogen-bond donors (Lipinski definition) is 0. The lowest BCUT2D eigenvalue weighted by Gasteiger charge is -2.12. The fourth-order valence-corrected chi connectivity index (χ4v) is 2.21. The van der Waals surface area contributed by atoms with E-state index in [0.29, 0.717) is 21.9 Å². The van der Waals surface area contributed by atoms with Gasteiger partial charge in [0, 0.05) is 5.02 Å². The van der Waals surface area contributed by atoms with Gasteiger partial charge in [-0.2, -0.15) is 0 Å². The summed E-state index contributed by atoms with van der Waals surface area (Å²) in [6.07, 6.45) is 0. The number of Topliss-reactive ketones (excluding diaryl/α,β-unsaturated/α-hetero) is 1. The van der Waals surface area contributed by atoms with E-state index >= 15 is 0 Å². The lowest BCUT2D eigenvalue weighted by atomic mass is 10.0. The Bertz CT molecular complexity index is 626. The summed E-state index contributed by atoms with van der Waals surface area (Å²) in [5.41, 5.74) is 0.858. The number of halogens is 3. The molecule has 2 aromatic carbocycles. The molecule has 0 bridgehead atoms.